The molecule has 2 aromatic carbocycles. The van der Waals surface area contributed by atoms with Gasteiger partial charge in [-0.15, -0.1) is 0 Å². The van der Waals surface area contributed by atoms with Crippen molar-refractivity contribution in [2.75, 3.05) is 19.0 Å². The Morgan fingerprint density at radius 3 is 2.42 bits per heavy atom. The highest BCUT2D eigenvalue weighted by atomic mass is 16.5. The van der Waals surface area contributed by atoms with E-state index in [1.807, 2.05) is 31.2 Å². The highest BCUT2D eigenvalue weighted by Gasteiger charge is 2.18. The second kappa shape index (κ2) is 9.46. The fourth-order valence-electron chi connectivity index (χ4n) is 2.19. The van der Waals surface area contributed by atoms with Gasteiger partial charge in [-0.3, -0.25) is 9.59 Å². The fourth-order valence-corrected chi connectivity index (χ4v) is 2.19. The molecule has 0 fully saturated rings. The summed E-state index contributed by atoms with van der Waals surface area (Å²) in [5.41, 5.74) is 1.59. The molecule has 0 aliphatic rings. The van der Waals surface area contributed by atoms with Crippen LogP contribution in [0.5, 0.6) is 11.5 Å². The van der Waals surface area contributed by atoms with Crippen LogP contribution < -0.4 is 14.8 Å². The molecule has 6 heteroatoms. The molecule has 0 aromatic heterocycles. The third-order valence-corrected chi connectivity index (χ3v) is 3.69. The number of aryl methyl sites for hydroxylation is 1. The molecule has 0 aliphatic carbocycles. The quantitative estimate of drug-likeness (QED) is 0.734. The molecule has 6 nitrogen and oxygen atoms in total. The smallest absolute Gasteiger partial charge is 0.310 e. The van der Waals surface area contributed by atoms with E-state index in [1.54, 1.807) is 31.4 Å². The number of benzene rings is 2. The number of hydrogen-bond donors (Lipinski definition) is 1. The summed E-state index contributed by atoms with van der Waals surface area (Å²) >= 11 is 0. The number of ether oxygens (including phenoxy) is 3. The van der Waals surface area contributed by atoms with Crippen molar-refractivity contribution in [3.05, 3.63) is 54.1 Å². The molecule has 0 aliphatic heterocycles. The standard InChI is InChI=1S/C20H23NO5/c1-14-6-4-5-7-18(14)25-13-12-19(22)26-15(2)20(23)21-16-8-10-17(24-3)11-9-16/h4-11,15H,12-13H2,1-3H3,(H,21,23). The lowest BCUT2D eigenvalue weighted by Gasteiger charge is -2.14. The minimum atomic E-state index is -0.900. The van der Waals surface area contributed by atoms with Crippen LogP contribution in [0.4, 0.5) is 5.69 Å². The first-order chi connectivity index (χ1) is 12.5. The predicted octanol–water partition coefficient (Wildman–Crippen LogP) is 3.34. The molecule has 1 unspecified atom stereocenters. The van der Waals surface area contributed by atoms with Crippen LogP contribution in [-0.2, 0) is 14.3 Å². The second-order valence-electron chi connectivity index (χ2n) is 5.71. The summed E-state index contributed by atoms with van der Waals surface area (Å²) in [4.78, 5) is 24.0. The summed E-state index contributed by atoms with van der Waals surface area (Å²) < 4.78 is 15.8. The zero-order chi connectivity index (χ0) is 18.9. The van der Waals surface area contributed by atoms with Gasteiger partial charge in [0.05, 0.1) is 20.1 Å². The monoisotopic (exact) mass is 357 g/mol. The number of carbonyl (C=O) groups is 2. The largest absolute Gasteiger partial charge is 0.497 e. The molecule has 0 radical (unpaired) electrons. The zero-order valence-corrected chi connectivity index (χ0v) is 15.2. The van der Waals surface area contributed by atoms with E-state index in [-0.39, 0.29) is 13.0 Å². The summed E-state index contributed by atoms with van der Waals surface area (Å²) in [6, 6.07) is 14.4. The second-order valence-corrected chi connectivity index (χ2v) is 5.71. The Morgan fingerprint density at radius 2 is 1.77 bits per heavy atom. The molecule has 0 saturated heterocycles. The van der Waals surface area contributed by atoms with Crippen molar-refractivity contribution in [3.63, 3.8) is 0 Å². The molecule has 26 heavy (non-hydrogen) atoms. The number of amides is 1. The molecule has 0 saturated carbocycles. The summed E-state index contributed by atoms with van der Waals surface area (Å²) in [6.07, 6.45) is -0.836. The van der Waals surface area contributed by atoms with Crippen molar-refractivity contribution >= 4 is 17.6 Å². The number of esters is 1. The fraction of sp³-hybridized carbons (Fsp3) is 0.300. The molecule has 2 rings (SSSR count). The highest BCUT2D eigenvalue weighted by Crippen LogP contribution is 2.17. The van der Waals surface area contributed by atoms with Gasteiger partial charge in [-0.2, -0.15) is 0 Å². The first-order valence-corrected chi connectivity index (χ1v) is 8.32. The predicted molar refractivity (Wildman–Crippen MR) is 98.5 cm³/mol. The lowest BCUT2D eigenvalue weighted by molar-refractivity contribution is -0.153. The molecule has 0 bridgehead atoms. The maximum Gasteiger partial charge on any atom is 0.310 e. The van der Waals surface area contributed by atoms with Crippen LogP contribution in [0.1, 0.15) is 18.9 Å². The number of para-hydroxylation sites is 1. The van der Waals surface area contributed by atoms with E-state index in [0.717, 1.165) is 11.3 Å². The summed E-state index contributed by atoms with van der Waals surface area (Å²) in [6.45, 7) is 3.65. The van der Waals surface area contributed by atoms with Crippen LogP contribution in [0.3, 0.4) is 0 Å². The SMILES string of the molecule is COc1ccc(NC(=O)C(C)OC(=O)CCOc2ccccc2C)cc1. The molecular formula is C20H23NO5. The average Bonchev–Trinajstić information content (AvgIpc) is 2.64. The lowest BCUT2D eigenvalue weighted by atomic mass is 10.2. The summed E-state index contributed by atoms with van der Waals surface area (Å²) in [5.74, 6) is 0.529. The molecule has 1 N–H and O–H groups in total. The van der Waals surface area contributed by atoms with Gasteiger partial charge in [-0.05, 0) is 49.7 Å². The van der Waals surface area contributed by atoms with Crippen molar-refractivity contribution in [2.45, 2.75) is 26.4 Å². The van der Waals surface area contributed by atoms with Crippen LogP contribution in [0.15, 0.2) is 48.5 Å². The van der Waals surface area contributed by atoms with Crippen LogP contribution >= 0.6 is 0 Å². The van der Waals surface area contributed by atoms with E-state index in [1.165, 1.54) is 6.92 Å². The third-order valence-electron chi connectivity index (χ3n) is 3.69. The first-order valence-electron chi connectivity index (χ1n) is 8.32. The average molecular weight is 357 g/mol. The van der Waals surface area contributed by atoms with Gasteiger partial charge in [0.2, 0.25) is 0 Å². The van der Waals surface area contributed by atoms with E-state index >= 15 is 0 Å². The molecule has 0 spiro atoms. The number of carbonyl (C=O) groups excluding carboxylic acids is 2. The summed E-state index contributed by atoms with van der Waals surface area (Å²) in [5, 5.41) is 2.68. The van der Waals surface area contributed by atoms with Crippen LogP contribution in [0, 0.1) is 6.92 Å². The Morgan fingerprint density at radius 1 is 1.08 bits per heavy atom. The van der Waals surface area contributed by atoms with Crippen LogP contribution in [-0.4, -0.2) is 31.7 Å². The molecule has 1 amide bonds. The Balaban J connectivity index is 1.74. The molecule has 1 atom stereocenters. The van der Waals surface area contributed by atoms with Crippen molar-refractivity contribution in [1.29, 1.82) is 0 Å². The molecular weight excluding hydrogens is 334 g/mol. The maximum atomic E-state index is 12.1. The van der Waals surface area contributed by atoms with Gasteiger partial charge < -0.3 is 19.5 Å². The minimum absolute atomic E-state index is 0.0640. The van der Waals surface area contributed by atoms with Gasteiger partial charge in [0.15, 0.2) is 6.10 Å². The maximum absolute atomic E-state index is 12.1. The Bertz CT molecular complexity index is 742. The van der Waals surface area contributed by atoms with Gasteiger partial charge >= 0.3 is 5.97 Å². The van der Waals surface area contributed by atoms with Gasteiger partial charge in [0, 0.05) is 5.69 Å². The lowest BCUT2D eigenvalue weighted by Crippen LogP contribution is -2.30. The number of nitrogens with one attached hydrogen (secondary N) is 1. The Hall–Kier alpha value is -3.02. The van der Waals surface area contributed by atoms with Gasteiger partial charge in [0.1, 0.15) is 11.5 Å². The topological polar surface area (TPSA) is 73.9 Å². The van der Waals surface area contributed by atoms with E-state index in [4.69, 9.17) is 14.2 Å². The van der Waals surface area contributed by atoms with Crippen LogP contribution in [0.25, 0.3) is 0 Å². The van der Waals surface area contributed by atoms with Crippen molar-refractivity contribution < 1.29 is 23.8 Å². The number of rotatable bonds is 8. The van der Waals surface area contributed by atoms with E-state index in [0.29, 0.717) is 11.4 Å². The molecule has 138 valence electrons. The van der Waals surface area contributed by atoms with Gasteiger partial charge in [0.25, 0.3) is 5.91 Å². The Kier molecular flexibility index (Phi) is 7.02. The van der Waals surface area contributed by atoms with E-state index < -0.39 is 18.0 Å². The van der Waals surface area contributed by atoms with Crippen LogP contribution in [0.2, 0.25) is 0 Å². The number of anilines is 1. The number of hydrogen-bond acceptors (Lipinski definition) is 5. The van der Waals surface area contributed by atoms with Gasteiger partial charge in [-0.25, -0.2) is 0 Å². The van der Waals surface area contributed by atoms with E-state index in [9.17, 15) is 9.59 Å². The number of methoxy groups -OCH3 is 1. The van der Waals surface area contributed by atoms with Gasteiger partial charge in [-0.1, -0.05) is 18.2 Å². The van der Waals surface area contributed by atoms with E-state index in [2.05, 4.69) is 5.32 Å². The molecule has 0 heterocycles. The van der Waals surface area contributed by atoms with Crippen molar-refractivity contribution in [3.8, 4) is 11.5 Å². The van der Waals surface area contributed by atoms with Crippen molar-refractivity contribution in [1.82, 2.24) is 0 Å². The highest BCUT2D eigenvalue weighted by molar-refractivity contribution is 5.95. The normalized spacial score (nSPS) is 11.3. The Labute approximate surface area is 153 Å². The third kappa shape index (κ3) is 5.81. The molecule has 2 aromatic rings. The minimum Gasteiger partial charge on any atom is -0.497 e. The van der Waals surface area contributed by atoms with Crippen molar-refractivity contribution in [2.24, 2.45) is 0 Å². The first kappa shape index (κ1) is 19.3. The summed E-state index contributed by atoms with van der Waals surface area (Å²) in [7, 11) is 1.57. The zero-order valence-electron chi connectivity index (χ0n) is 15.2.